The van der Waals surface area contributed by atoms with E-state index in [0.29, 0.717) is 0 Å². The highest BCUT2D eigenvalue weighted by Gasteiger charge is 1.96. The normalized spacial score (nSPS) is 10.2. The Morgan fingerprint density at radius 3 is 2.60 bits per heavy atom. The molecular weight excluding hydrogens is 188 g/mol. The molecule has 3 N–H and O–H groups in total. The molecule has 0 saturated carbocycles. The summed E-state index contributed by atoms with van der Waals surface area (Å²) in [6.07, 6.45) is 1.93. The Morgan fingerprint density at radius 2 is 2.00 bits per heavy atom. The maximum atomic E-state index is 5.59. The van der Waals surface area contributed by atoms with E-state index in [1.165, 1.54) is 0 Å². The number of anilines is 2. The van der Waals surface area contributed by atoms with E-state index in [1.54, 1.807) is 4.68 Å². The second-order valence-electron chi connectivity index (χ2n) is 3.46. The summed E-state index contributed by atoms with van der Waals surface area (Å²) in [5.41, 5.74) is 8.44. The number of rotatable bonds is 3. The van der Waals surface area contributed by atoms with E-state index in [1.807, 2.05) is 43.6 Å². The van der Waals surface area contributed by atoms with Crippen LogP contribution in [0.5, 0.6) is 0 Å². The van der Waals surface area contributed by atoms with Crippen molar-refractivity contribution in [1.82, 2.24) is 9.78 Å². The van der Waals surface area contributed by atoms with Crippen LogP contribution in [-0.4, -0.2) is 9.78 Å². The maximum Gasteiger partial charge on any atom is 0.0815 e. The average molecular weight is 202 g/mol. The largest absolute Gasteiger partial charge is 0.399 e. The molecule has 15 heavy (non-hydrogen) atoms. The van der Waals surface area contributed by atoms with Crippen molar-refractivity contribution in [3.05, 3.63) is 42.2 Å². The lowest BCUT2D eigenvalue weighted by molar-refractivity contribution is 0.747. The molecule has 0 spiro atoms. The maximum absolute atomic E-state index is 5.59. The number of hydrogen-bond acceptors (Lipinski definition) is 3. The number of aryl methyl sites for hydroxylation is 1. The standard InChI is InChI=1S/C11H14N4/c1-15-7-6-11(14-15)8-13-10-4-2-9(12)3-5-10/h2-7,13H,8,12H2,1H3. The predicted octanol–water partition coefficient (Wildman–Crippen LogP) is 1.61. The highest BCUT2D eigenvalue weighted by Crippen LogP contribution is 2.11. The Kier molecular flexibility index (Phi) is 2.58. The zero-order valence-corrected chi connectivity index (χ0v) is 8.64. The van der Waals surface area contributed by atoms with Crippen LogP contribution in [0.3, 0.4) is 0 Å². The molecule has 0 radical (unpaired) electrons. The Balaban J connectivity index is 1.96. The van der Waals surface area contributed by atoms with E-state index in [2.05, 4.69) is 10.4 Å². The fourth-order valence-electron chi connectivity index (χ4n) is 1.35. The topological polar surface area (TPSA) is 55.9 Å². The quantitative estimate of drug-likeness (QED) is 0.743. The third-order valence-electron chi connectivity index (χ3n) is 2.15. The molecule has 0 aliphatic carbocycles. The fourth-order valence-corrected chi connectivity index (χ4v) is 1.35. The Bertz CT molecular complexity index is 430. The molecular formula is C11H14N4. The van der Waals surface area contributed by atoms with Crippen LogP contribution < -0.4 is 11.1 Å². The van der Waals surface area contributed by atoms with Gasteiger partial charge in [-0.15, -0.1) is 0 Å². The summed E-state index contributed by atoms with van der Waals surface area (Å²) in [6.45, 7) is 0.727. The van der Waals surface area contributed by atoms with Crippen LogP contribution >= 0.6 is 0 Å². The molecule has 0 aliphatic heterocycles. The summed E-state index contributed by atoms with van der Waals surface area (Å²) in [7, 11) is 1.91. The SMILES string of the molecule is Cn1ccc(CNc2ccc(N)cc2)n1. The lowest BCUT2D eigenvalue weighted by Gasteiger charge is -2.04. The second-order valence-corrected chi connectivity index (χ2v) is 3.46. The van der Waals surface area contributed by atoms with Gasteiger partial charge in [0.05, 0.1) is 12.2 Å². The van der Waals surface area contributed by atoms with E-state index < -0.39 is 0 Å². The highest BCUT2D eigenvalue weighted by atomic mass is 15.3. The van der Waals surface area contributed by atoms with E-state index in [-0.39, 0.29) is 0 Å². The van der Waals surface area contributed by atoms with Crippen LogP contribution in [0, 0.1) is 0 Å². The number of nitrogens with two attached hydrogens (primary N) is 1. The number of hydrogen-bond donors (Lipinski definition) is 2. The summed E-state index contributed by atoms with van der Waals surface area (Å²) in [5, 5.41) is 7.54. The molecule has 1 aromatic carbocycles. The molecule has 0 atom stereocenters. The lowest BCUT2D eigenvalue weighted by atomic mass is 10.3. The minimum absolute atomic E-state index is 0.727. The van der Waals surface area contributed by atoms with Gasteiger partial charge in [-0.05, 0) is 30.3 Å². The van der Waals surface area contributed by atoms with Gasteiger partial charge in [-0.25, -0.2) is 0 Å². The number of aromatic nitrogens is 2. The molecule has 2 aromatic rings. The molecule has 0 fully saturated rings. The van der Waals surface area contributed by atoms with Crippen molar-refractivity contribution in [2.24, 2.45) is 7.05 Å². The van der Waals surface area contributed by atoms with Gasteiger partial charge in [0.15, 0.2) is 0 Å². The highest BCUT2D eigenvalue weighted by molar-refractivity contribution is 5.51. The van der Waals surface area contributed by atoms with Crippen molar-refractivity contribution in [1.29, 1.82) is 0 Å². The first kappa shape index (κ1) is 9.58. The van der Waals surface area contributed by atoms with Gasteiger partial charge in [0.2, 0.25) is 0 Å². The number of nitrogens with one attached hydrogen (secondary N) is 1. The zero-order chi connectivity index (χ0) is 10.7. The van der Waals surface area contributed by atoms with Gasteiger partial charge in [-0.1, -0.05) is 0 Å². The average Bonchev–Trinajstić information content (AvgIpc) is 2.64. The number of nitrogen functional groups attached to an aromatic ring is 1. The van der Waals surface area contributed by atoms with Gasteiger partial charge in [0, 0.05) is 24.6 Å². The third-order valence-corrected chi connectivity index (χ3v) is 2.15. The Hall–Kier alpha value is -1.97. The molecule has 4 heteroatoms. The van der Waals surface area contributed by atoms with Crippen molar-refractivity contribution in [2.75, 3.05) is 11.1 Å². The molecule has 4 nitrogen and oxygen atoms in total. The smallest absolute Gasteiger partial charge is 0.0815 e. The van der Waals surface area contributed by atoms with Gasteiger partial charge in [-0.3, -0.25) is 4.68 Å². The van der Waals surface area contributed by atoms with Gasteiger partial charge in [-0.2, -0.15) is 5.10 Å². The monoisotopic (exact) mass is 202 g/mol. The van der Waals surface area contributed by atoms with Crippen LogP contribution in [0.2, 0.25) is 0 Å². The van der Waals surface area contributed by atoms with Crippen molar-refractivity contribution >= 4 is 11.4 Å². The minimum atomic E-state index is 0.727. The van der Waals surface area contributed by atoms with Crippen molar-refractivity contribution < 1.29 is 0 Å². The van der Waals surface area contributed by atoms with E-state index in [9.17, 15) is 0 Å². The fraction of sp³-hybridized carbons (Fsp3) is 0.182. The molecule has 1 heterocycles. The molecule has 1 aromatic heterocycles. The second kappa shape index (κ2) is 4.04. The summed E-state index contributed by atoms with van der Waals surface area (Å²) in [4.78, 5) is 0. The van der Waals surface area contributed by atoms with Crippen molar-refractivity contribution in [3.8, 4) is 0 Å². The van der Waals surface area contributed by atoms with E-state index in [4.69, 9.17) is 5.73 Å². The Labute approximate surface area is 88.7 Å². The van der Waals surface area contributed by atoms with Crippen LogP contribution in [0.4, 0.5) is 11.4 Å². The van der Waals surface area contributed by atoms with Gasteiger partial charge >= 0.3 is 0 Å². The molecule has 0 aliphatic rings. The van der Waals surface area contributed by atoms with E-state index >= 15 is 0 Å². The summed E-state index contributed by atoms with van der Waals surface area (Å²) in [6, 6.07) is 9.66. The first-order valence-corrected chi connectivity index (χ1v) is 4.82. The van der Waals surface area contributed by atoms with Gasteiger partial charge < -0.3 is 11.1 Å². The van der Waals surface area contributed by atoms with Crippen molar-refractivity contribution in [3.63, 3.8) is 0 Å². The molecule has 0 saturated heterocycles. The minimum Gasteiger partial charge on any atom is -0.399 e. The van der Waals surface area contributed by atoms with Crippen LogP contribution in [0.15, 0.2) is 36.5 Å². The third kappa shape index (κ3) is 2.49. The first-order chi connectivity index (χ1) is 7.24. The summed E-state index contributed by atoms with van der Waals surface area (Å²) in [5.74, 6) is 0. The number of nitrogens with zero attached hydrogens (tertiary/aromatic N) is 2. The molecule has 0 bridgehead atoms. The number of benzene rings is 1. The van der Waals surface area contributed by atoms with Gasteiger partial charge in [0.1, 0.15) is 0 Å². The molecule has 78 valence electrons. The lowest BCUT2D eigenvalue weighted by Crippen LogP contribution is -2.01. The van der Waals surface area contributed by atoms with E-state index in [0.717, 1.165) is 23.6 Å². The molecule has 0 amide bonds. The van der Waals surface area contributed by atoms with Gasteiger partial charge in [0.25, 0.3) is 0 Å². The van der Waals surface area contributed by atoms with Crippen LogP contribution in [-0.2, 0) is 13.6 Å². The first-order valence-electron chi connectivity index (χ1n) is 4.82. The van der Waals surface area contributed by atoms with Crippen LogP contribution in [0.25, 0.3) is 0 Å². The van der Waals surface area contributed by atoms with Crippen LogP contribution in [0.1, 0.15) is 5.69 Å². The molecule has 0 unspecified atom stereocenters. The predicted molar refractivity (Wildman–Crippen MR) is 61.4 cm³/mol. The molecule has 2 rings (SSSR count). The Morgan fingerprint density at radius 1 is 1.27 bits per heavy atom. The zero-order valence-electron chi connectivity index (χ0n) is 8.64. The summed E-state index contributed by atoms with van der Waals surface area (Å²) < 4.78 is 1.79. The summed E-state index contributed by atoms with van der Waals surface area (Å²) >= 11 is 0. The van der Waals surface area contributed by atoms with Crippen molar-refractivity contribution in [2.45, 2.75) is 6.54 Å².